The smallest absolute Gasteiger partial charge is 0.138 e. The van der Waals surface area contributed by atoms with Crippen molar-refractivity contribution in [3.05, 3.63) is 43.0 Å². The van der Waals surface area contributed by atoms with Crippen LogP contribution < -0.4 is 0 Å². The molecule has 1 aromatic rings. The topological polar surface area (TPSA) is 30.7 Å². The van der Waals surface area contributed by atoms with Gasteiger partial charge in [0.1, 0.15) is 12.7 Å². The first-order valence-corrected chi connectivity index (χ1v) is 4.09. The van der Waals surface area contributed by atoms with Crippen molar-refractivity contribution < 1.29 is 0 Å². The summed E-state index contributed by atoms with van der Waals surface area (Å²) in [4.78, 5) is 3.83. The fraction of sp³-hybridized carbons (Fsp3) is 0.200. The van der Waals surface area contributed by atoms with E-state index in [9.17, 15) is 0 Å². The number of aromatic nitrogens is 3. The third-order valence-electron chi connectivity index (χ3n) is 1.71. The third-order valence-corrected chi connectivity index (χ3v) is 1.71. The summed E-state index contributed by atoms with van der Waals surface area (Å²) in [5.74, 6) is 0. The Bertz CT molecular complexity index is 331. The minimum Gasteiger partial charge on any atom is -0.223 e. The van der Waals surface area contributed by atoms with Gasteiger partial charge in [-0.3, -0.25) is 0 Å². The molecule has 0 saturated heterocycles. The van der Waals surface area contributed by atoms with E-state index >= 15 is 0 Å². The van der Waals surface area contributed by atoms with E-state index in [1.54, 1.807) is 11.0 Å². The Morgan fingerprint density at radius 2 is 2.23 bits per heavy atom. The van der Waals surface area contributed by atoms with Gasteiger partial charge in [-0.25, -0.2) is 9.67 Å². The fourth-order valence-electron chi connectivity index (χ4n) is 0.757. The molecule has 0 spiro atoms. The standard InChI is InChI=1S/C10H13N3/c1-4-9(2)5-6-10(3)13-8-11-7-12-13/h4-8H,3H2,1-2H3/b6-5-,9-4?. The second-order valence-corrected chi connectivity index (χ2v) is 2.70. The van der Waals surface area contributed by atoms with Gasteiger partial charge in [0.25, 0.3) is 0 Å². The van der Waals surface area contributed by atoms with Crippen molar-refractivity contribution in [1.82, 2.24) is 14.8 Å². The summed E-state index contributed by atoms with van der Waals surface area (Å²) in [5, 5.41) is 3.96. The van der Waals surface area contributed by atoms with E-state index in [0.29, 0.717) is 0 Å². The molecule has 0 aromatic carbocycles. The monoisotopic (exact) mass is 175 g/mol. The lowest BCUT2D eigenvalue weighted by Crippen LogP contribution is -1.92. The maximum Gasteiger partial charge on any atom is 0.138 e. The van der Waals surface area contributed by atoms with E-state index in [4.69, 9.17) is 0 Å². The summed E-state index contributed by atoms with van der Waals surface area (Å²) < 4.78 is 1.62. The van der Waals surface area contributed by atoms with Gasteiger partial charge < -0.3 is 0 Å². The van der Waals surface area contributed by atoms with E-state index in [1.807, 2.05) is 32.1 Å². The number of hydrogen-bond donors (Lipinski definition) is 0. The number of hydrogen-bond acceptors (Lipinski definition) is 2. The van der Waals surface area contributed by atoms with Crippen LogP contribution in [0, 0.1) is 0 Å². The molecule has 0 aliphatic rings. The Morgan fingerprint density at radius 1 is 1.46 bits per heavy atom. The minimum atomic E-state index is 0.804. The Labute approximate surface area is 78.1 Å². The van der Waals surface area contributed by atoms with Crippen molar-refractivity contribution in [2.75, 3.05) is 0 Å². The molecule has 0 atom stereocenters. The van der Waals surface area contributed by atoms with Crippen LogP contribution in [0.25, 0.3) is 5.70 Å². The largest absolute Gasteiger partial charge is 0.223 e. The molecule has 0 bridgehead atoms. The molecule has 0 saturated carbocycles. The highest BCUT2D eigenvalue weighted by Crippen LogP contribution is 2.02. The van der Waals surface area contributed by atoms with Gasteiger partial charge in [-0.05, 0) is 19.9 Å². The van der Waals surface area contributed by atoms with E-state index in [2.05, 4.69) is 16.7 Å². The highest BCUT2D eigenvalue weighted by molar-refractivity contribution is 5.53. The van der Waals surface area contributed by atoms with Crippen molar-refractivity contribution in [3.63, 3.8) is 0 Å². The van der Waals surface area contributed by atoms with Crippen LogP contribution in [0.5, 0.6) is 0 Å². The molecule has 1 rings (SSSR count). The van der Waals surface area contributed by atoms with Crippen molar-refractivity contribution in [2.45, 2.75) is 13.8 Å². The molecule has 0 aliphatic heterocycles. The van der Waals surface area contributed by atoms with Gasteiger partial charge in [-0.1, -0.05) is 24.3 Å². The Kier molecular flexibility index (Phi) is 3.20. The lowest BCUT2D eigenvalue weighted by molar-refractivity contribution is 0.911. The maximum atomic E-state index is 3.96. The molecule has 1 aromatic heterocycles. The molecule has 0 unspecified atom stereocenters. The van der Waals surface area contributed by atoms with Crippen LogP contribution in [0.2, 0.25) is 0 Å². The average molecular weight is 175 g/mol. The van der Waals surface area contributed by atoms with E-state index in [1.165, 1.54) is 11.9 Å². The molecule has 0 radical (unpaired) electrons. The van der Waals surface area contributed by atoms with Gasteiger partial charge in [0.15, 0.2) is 0 Å². The van der Waals surface area contributed by atoms with Crippen molar-refractivity contribution in [3.8, 4) is 0 Å². The molecule has 3 heteroatoms. The van der Waals surface area contributed by atoms with Gasteiger partial charge in [-0.2, -0.15) is 5.10 Å². The first-order valence-electron chi connectivity index (χ1n) is 4.09. The Hall–Kier alpha value is -1.64. The SMILES string of the molecule is C=C(/C=C\C(C)=CC)n1cncn1. The van der Waals surface area contributed by atoms with Crippen LogP contribution in [-0.4, -0.2) is 14.8 Å². The van der Waals surface area contributed by atoms with Crippen LogP contribution in [0.15, 0.2) is 43.0 Å². The first-order chi connectivity index (χ1) is 6.24. The summed E-state index contributed by atoms with van der Waals surface area (Å²) in [5.41, 5.74) is 2.00. The summed E-state index contributed by atoms with van der Waals surface area (Å²) in [6.45, 7) is 7.88. The molecule has 1 heterocycles. The highest BCUT2D eigenvalue weighted by atomic mass is 15.3. The van der Waals surface area contributed by atoms with E-state index in [0.717, 1.165) is 5.70 Å². The molecule has 68 valence electrons. The molecule has 0 aliphatic carbocycles. The first kappa shape index (κ1) is 9.45. The second kappa shape index (κ2) is 4.40. The molecule has 3 nitrogen and oxygen atoms in total. The number of rotatable bonds is 3. The second-order valence-electron chi connectivity index (χ2n) is 2.70. The number of nitrogens with zero attached hydrogens (tertiary/aromatic N) is 3. The summed E-state index contributed by atoms with van der Waals surface area (Å²) in [6.07, 6.45) is 9.04. The zero-order chi connectivity index (χ0) is 9.68. The molecular weight excluding hydrogens is 162 g/mol. The van der Waals surface area contributed by atoms with Crippen molar-refractivity contribution in [1.29, 1.82) is 0 Å². The molecule has 0 amide bonds. The summed E-state index contributed by atoms with van der Waals surface area (Å²) >= 11 is 0. The van der Waals surface area contributed by atoms with Gasteiger partial charge in [0, 0.05) is 0 Å². The van der Waals surface area contributed by atoms with Crippen LogP contribution in [0.1, 0.15) is 13.8 Å². The summed E-state index contributed by atoms with van der Waals surface area (Å²) in [7, 11) is 0. The Balaban J connectivity index is 2.67. The Morgan fingerprint density at radius 3 is 2.77 bits per heavy atom. The highest BCUT2D eigenvalue weighted by Gasteiger charge is 1.91. The lowest BCUT2D eigenvalue weighted by atomic mass is 10.2. The minimum absolute atomic E-state index is 0.804. The lowest BCUT2D eigenvalue weighted by Gasteiger charge is -1.97. The summed E-state index contributed by atoms with van der Waals surface area (Å²) in [6, 6.07) is 0. The third kappa shape index (κ3) is 2.71. The molecule has 0 N–H and O–H groups in total. The fourth-order valence-corrected chi connectivity index (χ4v) is 0.757. The zero-order valence-electron chi connectivity index (χ0n) is 7.94. The normalized spacial score (nSPS) is 12.3. The molecule has 0 fully saturated rings. The van der Waals surface area contributed by atoms with Crippen LogP contribution in [-0.2, 0) is 0 Å². The van der Waals surface area contributed by atoms with Crippen LogP contribution in [0.4, 0.5) is 0 Å². The van der Waals surface area contributed by atoms with Gasteiger partial charge in [0.05, 0.1) is 5.70 Å². The quantitative estimate of drug-likeness (QED) is 0.660. The van der Waals surface area contributed by atoms with Gasteiger partial charge in [0.2, 0.25) is 0 Å². The van der Waals surface area contributed by atoms with E-state index in [-0.39, 0.29) is 0 Å². The van der Waals surface area contributed by atoms with Gasteiger partial charge in [-0.15, -0.1) is 0 Å². The maximum absolute atomic E-state index is 3.96. The molecule has 13 heavy (non-hydrogen) atoms. The van der Waals surface area contributed by atoms with E-state index < -0.39 is 0 Å². The van der Waals surface area contributed by atoms with Gasteiger partial charge >= 0.3 is 0 Å². The predicted molar refractivity (Wildman–Crippen MR) is 53.9 cm³/mol. The van der Waals surface area contributed by atoms with Crippen molar-refractivity contribution >= 4 is 5.70 Å². The zero-order valence-corrected chi connectivity index (χ0v) is 7.94. The molecular formula is C10H13N3. The van der Waals surface area contributed by atoms with Crippen LogP contribution >= 0.6 is 0 Å². The average Bonchev–Trinajstić information content (AvgIpc) is 2.66. The number of allylic oxidation sites excluding steroid dienone is 5. The van der Waals surface area contributed by atoms with Crippen molar-refractivity contribution in [2.24, 2.45) is 0 Å². The van der Waals surface area contributed by atoms with Crippen LogP contribution in [0.3, 0.4) is 0 Å². The predicted octanol–water partition coefficient (Wildman–Crippen LogP) is 2.27.